The summed E-state index contributed by atoms with van der Waals surface area (Å²) >= 11 is 0. The molecular weight excluding hydrogens is 309 g/mol. The van der Waals surface area contributed by atoms with Gasteiger partial charge >= 0.3 is 0 Å². The summed E-state index contributed by atoms with van der Waals surface area (Å²) in [6.07, 6.45) is 7.87. The minimum Gasteiger partial charge on any atom is -0.490 e. The summed E-state index contributed by atoms with van der Waals surface area (Å²) in [7, 11) is 0. The number of carbonyl (C=O) groups is 1. The quantitative estimate of drug-likeness (QED) is 0.605. The van der Waals surface area contributed by atoms with Gasteiger partial charge in [-0.05, 0) is 24.6 Å². The Balaban J connectivity index is 1.99. The van der Waals surface area contributed by atoms with E-state index in [0.29, 0.717) is 25.0 Å². The summed E-state index contributed by atoms with van der Waals surface area (Å²) in [5.41, 5.74) is 6.21. The molecule has 124 valence electrons. The molecule has 0 atom stereocenters. The van der Waals surface area contributed by atoms with Gasteiger partial charge in [-0.2, -0.15) is 0 Å². The van der Waals surface area contributed by atoms with Gasteiger partial charge in [-0.15, -0.1) is 12.3 Å². The molecule has 0 aliphatic rings. The molecule has 0 fully saturated rings. The van der Waals surface area contributed by atoms with Crippen LogP contribution in [0.2, 0.25) is 0 Å². The Morgan fingerprint density at radius 3 is 2.96 bits per heavy atom. The maximum absolute atomic E-state index is 14.4. The lowest BCUT2D eigenvalue weighted by Crippen LogP contribution is -2.24. The number of amides is 1. The van der Waals surface area contributed by atoms with Crippen molar-refractivity contribution in [2.24, 2.45) is 0 Å². The monoisotopic (exact) mass is 327 g/mol. The minimum atomic E-state index is -0.502. The number of rotatable bonds is 7. The van der Waals surface area contributed by atoms with E-state index in [9.17, 15) is 9.18 Å². The van der Waals surface area contributed by atoms with Crippen LogP contribution in [0, 0.1) is 18.2 Å². The average molecular weight is 327 g/mol. The molecule has 5 nitrogen and oxygen atoms in total. The van der Waals surface area contributed by atoms with E-state index in [1.165, 1.54) is 12.3 Å². The van der Waals surface area contributed by atoms with Gasteiger partial charge in [-0.3, -0.25) is 4.79 Å². The van der Waals surface area contributed by atoms with Crippen LogP contribution < -0.4 is 15.8 Å². The fourth-order valence-electron chi connectivity index (χ4n) is 2.04. The van der Waals surface area contributed by atoms with Crippen molar-refractivity contribution in [3.05, 3.63) is 53.5 Å². The molecule has 0 radical (unpaired) electrons. The standard InChI is InChI=1S/C18H18FN3O2/c1-2-3-4-11-24-15-9-5-7-13(16(15)19)12-22-18(23)14-8-6-10-21-17(14)20/h1,5-10H,3-4,11-12H2,(H2,20,21)(H,22,23). The van der Waals surface area contributed by atoms with Gasteiger partial charge in [0, 0.05) is 24.7 Å². The van der Waals surface area contributed by atoms with E-state index in [2.05, 4.69) is 16.2 Å². The Kier molecular flexibility index (Phi) is 6.15. The molecule has 1 aromatic carbocycles. The Morgan fingerprint density at radius 2 is 2.21 bits per heavy atom. The van der Waals surface area contributed by atoms with Crippen molar-refractivity contribution in [2.75, 3.05) is 12.3 Å². The largest absolute Gasteiger partial charge is 0.490 e. The highest BCUT2D eigenvalue weighted by molar-refractivity contribution is 5.98. The number of pyridine rings is 1. The van der Waals surface area contributed by atoms with Gasteiger partial charge in [0.05, 0.1) is 12.2 Å². The summed E-state index contributed by atoms with van der Waals surface area (Å²) in [6, 6.07) is 7.95. The van der Waals surface area contributed by atoms with Crippen LogP contribution in [-0.4, -0.2) is 17.5 Å². The molecule has 2 aromatic rings. The lowest BCUT2D eigenvalue weighted by molar-refractivity contribution is 0.0951. The zero-order valence-corrected chi connectivity index (χ0v) is 13.1. The number of nitrogens with one attached hydrogen (secondary N) is 1. The van der Waals surface area contributed by atoms with Crippen LogP contribution >= 0.6 is 0 Å². The van der Waals surface area contributed by atoms with Gasteiger partial charge in [0.2, 0.25) is 0 Å². The van der Waals surface area contributed by atoms with E-state index in [-0.39, 0.29) is 23.7 Å². The van der Waals surface area contributed by atoms with Gasteiger partial charge in [0.15, 0.2) is 11.6 Å². The van der Waals surface area contributed by atoms with E-state index >= 15 is 0 Å². The molecule has 0 aliphatic carbocycles. The van der Waals surface area contributed by atoms with E-state index in [1.807, 2.05) is 0 Å². The number of halogens is 1. The van der Waals surface area contributed by atoms with Crippen molar-refractivity contribution in [3.63, 3.8) is 0 Å². The number of terminal acetylenes is 1. The third-order valence-electron chi connectivity index (χ3n) is 3.29. The SMILES string of the molecule is C#CCCCOc1cccc(CNC(=O)c2cccnc2N)c1F. The zero-order chi connectivity index (χ0) is 17.4. The topological polar surface area (TPSA) is 77.2 Å². The summed E-state index contributed by atoms with van der Waals surface area (Å²) in [5.74, 6) is 1.84. The average Bonchev–Trinajstić information content (AvgIpc) is 2.59. The highest BCUT2D eigenvalue weighted by Gasteiger charge is 2.13. The van der Waals surface area contributed by atoms with Crippen molar-refractivity contribution in [2.45, 2.75) is 19.4 Å². The van der Waals surface area contributed by atoms with Gasteiger partial charge in [-0.1, -0.05) is 12.1 Å². The fraction of sp³-hybridized carbons (Fsp3) is 0.222. The molecular formula is C18H18FN3O2. The predicted octanol–water partition coefficient (Wildman–Crippen LogP) is 2.53. The highest BCUT2D eigenvalue weighted by Crippen LogP contribution is 2.21. The Morgan fingerprint density at radius 1 is 1.38 bits per heavy atom. The number of ether oxygens (including phenoxy) is 1. The van der Waals surface area contributed by atoms with Crippen molar-refractivity contribution < 1.29 is 13.9 Å². The molecule has 1 amide bonds. The minimum absolute atomic E-state index is 0.0144. The zero-order valence-electron chi connectivity index (χ0n) is 13.1. The molecule has 3 N–H and O–H groups in total. The Hall–Kier alpha value is -3.07. The van der Waals surface area contributed by atoms with Crippen molar-refractivity contribution >= 4 is 11.7 Å². The van der Waals surface area contributed by atoms with Crippen molar-refractivity contribution in [1.82, 2.24) is 10.3 Å². The van der Waals surface area contributed by atoms with E-state index in [1.54, 1.807) is 24.3 Å². The molecule has 24 heavy (non-hydrogen) atoms. The predicted molar refractivity (Wildman–Crippen MR) is 89.8 cm³/mol. The van der Waals surface area contributed by atoms with Crippen LogP contribution in [0.5, 0.6) is 5.75 Å². The first-order valence-corrected chi connectivity index (χ1v) is 7.46. The summed E-state index contributed by atoms with van der Waals surface area (Å²) in [5, 5.41) is 2.62. The van der Waals surface area contributed by atoms with Crippen LogP contribution in [0.15, 0.2) is 36.5 Å². The smallest absolute Gasteiger partial charge is 0.255 e. The fourth-order valence-corrected chi connectivity index (χ4v) is 2.04. The lowest BCUT2D eigenvalue weighted by Gasteiger charge is -2.11. The van der Waals surface area contributed by atoms with Gasteiger partial charge in [0.25, 0.3) is 5.91 Å². The number of nitrogen functional groups attached to an aromatic ring is 1. The Bertz CT molecular complexity index is 756. The third kappa shape index (κ3) is 4.46. The molecule has 0 aliphatic heterocycles. The van der Waals surface area contributed by atoms with E-state index in [4.69, 9.17) is 16.9 Å². The molecule has 0 saturated heterocycles. The number of benzene rings is 1. The molecule has 0 bridgehead atoms. The number of aromatic nitrogens is 1. The summed E-state index contributed by atoms with van der Waals surface area (Å²) in [4.78, 5) is 15.9. The van der Waals surface area contributed by atoms with Crippen LogP contribution in [-0.2, 0) is 6.54 Å². The number of nitrogens with zero attached hydrogens (tertiary/aromatic N) is 1. The first-order chi connectivity index (χ1) is 11.6. The first-order valence-electron chi connectivity index (χ1n) is 7.46. The molecule has 2 rings (SSSR count). The highest BCUT2D eigenvalue weighted by atomic mass is 19.1. The second kappa shape index (κ2) is 8.53. The summed E-state index contributed by atoms with van der Waals surface area (Å²) in [6.45, 7) is 0.351. The second-order valence-electron chi connectivity index (χ2n) is 5.00. The molecule has 0 saturated carbocycles. The number of anilines is 1. The molecule has 0 unspecified atom stereocenters. The molecule has 1 aromatic heterocycles. The number of unbranched alkanes of at least 4 members (excludes halogenated alkanes) is 1. The van der Waals surface area contributed by atoms with E-state index in [0.717, 1.165) is 0 Å². The first kappa shape index (κ1) is 17.3. The summed E-state index contributed by atoms with van der Waals surface area (Å²) < 4.78 is 19.7. The number of hydrogen-bond donors (Lipinski definition) is 2. The molecule has 6 heteroatoms. The van der Waals surface area contributed by atoms with Crippen LogP contribution in [0.1, 0.15) is 28.8 Å². The third-order valence-corrected chi connectivity index (χ3v) is 3.29. The number of carbonyl (C=O) groups excluding carboxylic acids is 1. The van der Waals surface area contributed by atoms with E-state index < -0.39 is 11.7 Å². The van der Waals surface area contributed by atoms with Crippen molar-refractivity contribution in [1.29, 1.82) is 0 Å². The van der Waals surface area contributed by atoms with Crippen LogP contribution in [0.3, 0.4) is 0 Å². The van der Waals surface area contributed by atoms with Gasteiger partial charge in [0.1, 0.15) is 5.82 Å². The van der Waals surface area contributed by atoms with Gasteiger partial charge < -0.3 is 15.8 Å². The molecule has 0 spiro atoms. The number of nitrogens with two attached hydrogens (primary N) is 1. The molecule has 1 heterocycles. The van der Waals surface area contributed by atoms with Crippen LogP contribution in [0.25, 0.3) is 0 Å². The second-order valence-corrected chi connectivity index (χ2v) is 5.00. The van der Waals surface area contributed by atoms with Gasteiger partial charge in [-0.25, -0.2) is 9.37 Å². The van der Waals surface area contributed by atoms with Crippen LogP contribution in [0.4, 0.5) is 10.2 Å². The Labute approximate surface area is 140 Å². The lowest BCUT2D eigenvalue weighted by atomic mass is 10.2. The maximum Gasteiger partial charge on any atom is 0.255 e. The van der Waals surface area contributed by atoms with Crippen molar-refractivity contribution in [3.8, 4) is 18.1 Å². The normalized spacial score (nSPS) is 10.0. The maximum atomic E-state index is 14.4. The number of hydrogen-bond acceptors (Lipinski definition) is 4.